The van der Waals surface area contributed by atoms with Gasteiger partial charge < -0.3 is 20.1 Å². The third kappa shape index (κ3) is 4.75. The Kier molecular flexibility index (Phi) is 6.16. The topological polar surface area (TPSA) is 82.1 Å². The van der Waals surface area contributed by atoms with E-state index in [-0.39, 0.29) is 17.9 Å². The molecule has 0 spiro atoms. The highest BCUT2D eigenvalue weighted by molar-refractivity contribution is 6.30. The van der Waals surface area contributed by atoms with Crippen LogP contribution < -0.4 is 5.32 Å². The Balaban J connectivity index is 1.55. The Morgan fingerprint density at radius 3 is 2.53 bits per heavy atom. The molecule has 0 aromatic heterocycles. The molecule has 2 unspecified atom stereocenters. The molecule has 0 bridgehead atoms. The van der Waals surface area contributed by atoms with Gasteiger partial charge in [0.05, 0.1) is 6.61 Å². The van der Waals surface area contributed by atoms with E-state index in [9.17, 15) is 14.7 Å². The zero-order valence-corrected chi connectivity index (χ0v) is 19.2. The number of rotatable bonds is 2. The Labute approximate surface area is 192 Å². The molecule has 170 valence electrons. The van der Waals surface area contributed by atoms with Gasteiger partial charge in [0, 0.05) is 35.9 Å². The molecular weight excluding hydrogens is 430 g/mol. The number of nitrogens with zero attached hydrogens (tertiary/aromatic N) is 2. The van der Waals surface area contributed by atoms with Crippen molar-refractivity contribution >= 4 is 29.3 Å². The second kappa shape index (κ2) is 8.73. The van der Waals surface area contributed by atoms with E-state index in [0.29, 0.717) is 36.0 Å². The highest BCUT2D eigenvalue weighted by atomic mass is 35.5. The second-order valence-corrected chi connectivity index (χ2v) is 9.92. The molecule has 2 N–H and O–H groups in total. The third-order valence-corrected chi connectivity index (χ3v) is 5.94. The fourth-order valence-electron chi connectivity index (χ4n) is 3.97. The summed E-state index contributed by atoms with van der Waals surface area (Å²) in [5, 5.41) is 14.7. The highest BCUT2D eigenvalue weighted by Crippen LogP contribution is 2.36. The normalized spacial score (nSPS) is 21.3. The molecule has 2 amide bonds. The predicted octanol–water partition coefficient (Wildman–Crippen LogP) is 4.12. The van der Waals surface area contributed by atoms with Crippen molar-refractivity contribution < 1.29 is 19.4 Å². The van der Waals surface area contributed by atoms with Gasteiger partial charge in [-0.3, -0.25) is 9.69 Å². The zero-order chi connectivity index (χ0) is 23.0. The van der Waals surface area contributed by atoms with Crippen LogP contribution in [0.4, 0.5) is 10.5 Å². The fourth-order valence-corrected chi connectivity index (χ4v) is 4.09. The number of amides is 2. The average molecular weight is 458 g/mol. The van der Waals surface area contributed by atoms with Crippen LogP contribution in [0.15, 0.2) is 42.5 Å². The van der Waals surface area contributed by atoms with E-state index in [1.54, 1.807) is 11.0 Å². The third-order valence-electron chi connectivity index (χ3n) is 5.69. The van der Waals surface area contributed by atoms with E-state index in [1.807, 2.05) is 57.2 Å². The van der Waals surface area contributed by atoms with Gasteiger partial charge in [-0.15, -0.1) is 0 Å². The maximum Gasteiger partial charge on any atom is 0.409 e. The summed E-state index contributed by atoms with van der Waals surface area (Å²) in [6.45, 7) is 7.15. The van der Waals surface area contributed by atoms with Crippen molar-refractivity contribution in [3.05, 3.63) is 53.1 Å². The van der Waals surface area contributed by atoms with Gasteiger partial charge in [0.15, 0.2) is 0 Å². The first-order valence-corrected chi connectivity index (χ1v) is 11.1. The van der Waals surface area contributed by atoms with Crippen LogP contribution in [-0.4, -0.2) is 59.2 Å². The van der Waals surface area contributed by atoms with E-state index >= 15 is 0 Å². The van der Waals surface area contributed by atoms with Gasteiger partial charge in [-0.25, -0.2) is 4.79 Å². The van der Waals surface area contributed by atoms with E-state index in [4.69, 9.17) is 16.3 Å². The number of carbonyl (C=O) groups excluding carboxylic acids is 2. The first-order chi connectivity index (χ1) is 15.1. The number of fused-ring (bicyclic) bond motifs is 2. The number of ether oxygens (including phenoxy) is 1. The molecule has 7 nitrogen and oxygen atoms in total. The van der Waals surface area contributed by atoms with Crippen LogP contribution >= 0.6 is 11.6 Å². The van der Waals surface area contributed by atoms with Crippen molar-refractivity contribution in [1.29, 1.82) is 0 Å². The van der Waals surface area contributed by atoms with Crippen molar-refractivity contribution in [2.75, 3.05) is 31.6 Å². The van der Waals surface area contributed by atoms with E-state index in [1.165, 1.54) is 4.90 Å². The van der Waals surface area contributed by atoms with Gasteiger partial charge in [0.2, 0.25) is 5.91 Å². The second-order valence-electron chi connectivity index (χ2n) is 9.49. The maximum absolute atomic E-state index is 13.0. The van der Waals surface area contributed by atoms with Crippen LogP contribution in [0.3, 0.4) is 0 Å². The van der Waals surface area contributed by atoms with E-state index in [2.05, 4.69) is 5.32 Å². The van der Waals surface area contributed by atoms with Gasteiger partial charge in [-0.2, -0.15) is 0 Å². The van der Waals surface area contributed by atoms with Crippen molar-refractivity contribution in [2.45, 2.75) is 33.0 Å². The zero-order valence-electron chi connectivity index (χ0n) is 18.5. The van der Waals surface area contributed by atoms with Crippen LogP contribution in [0.5, 0.6) is 0 Å². The highest BCUT2D eigenvalue weighted by Gasteiger charge is 2.41. The average Bonchev–Trinajstić information content (AvgIpc) is 2.86. The Hall–Kier alpha value is -2.61. The Morgan fingerprint density at radius 1 is 1.16 bits per heavy atom. The fraction of sp³-hybridized carbons (Fsp3) is 0.417. The molecule has 8 heteroatoms. The number of halogens is 1. The van der Waals surface area contributed by atoms with Gasteiger partial charge in [-0.05, 0) is 40.8 Å². The summed E-state index contributed by atoms with van der Waals surface area (Å²) in [6.07, 6.45) is -1.41. The summed E-state index contributed by atoms with van der Waals surface area (Å²) in [6, 6.07) is 12.4. The molecule has 2 aliphatic heterocycles. The van der Waals surface area contributed by atoms with Crippen molar-refractivity contribution in [1.82, 2.24) is 9.80 Å². The number of piperazine rings is 1. The molecule has 0 saturated carbocycles. The number of anilines is 1. The molecule has 0 radical (unpaired) electrons. The largest absolute Gasteiger partial charge is 0.449 e. The van der Waals surface area contributed by atoms with Crippen LogP contribution in [0, 0.1) is 5.41 Å². The van der Waals surface area contributed by atoms with Gasteiger partial charge >= 0.3 is 6.09 Å². The molecule has 32 heavy (non-hydrogen) atoms. The minimum atomic E-state index is -0.978. The number of benzene rings is 2. The molecule has 2 aromatic rings. The first-order valence-electron chi connectivity index (χ1n) is 10.7. The molecule has 4 rings (SSSR count). The summed E-state index contributed by atoms with van der Waals surface area (Å²) in [7, 11) is 0. The van der Waals surface area contributed by atoms with Crippen molar-refractivity contribution in [3.63, 3.8) is 0 Å². The quantitative estimate of drug-likeness (QED) is 0.708. The standard InChI is InChI=1S/C24H28ClN3O4/c1-24(2,3)14-32-23(31)27-10-11-28-20(13-27)21(29)26-19-9-6-16(12-18(19)22(28)30)15-4-7-17(25)8-5-15/h4-9,12,20,22,30H,10-11,13-14H2,1-3H3,(H,26,29). The van der Waals surface area contributed by atoms with Gasteiger partial charge in [0.1, 0.15) is 12.3 Å². The van der Waals surface area contributed by atoms with Crippen LogP contribution in [-0.2, 0) is 9.53 Å². The molecule has 1 saturated heterocycles. The summed E-state index contributed by atoms with van der Waals surface area (Å²) in [5.74, 6) is -0.254. The number of nitrogens with one attached hydrogen (secondary N) is 1. The molecule has 2 atom stereocenters. The molecular formula is C24H28ClN3O4. The number of aliphatic hydroxyl groups is 1. The van der Waals surface area contributed by atoms with Crippen LogP contribution in [0.2, 0.25) is 5.02 Å². The SMILES string of the molecule is CC(C)(C)COC(=O)N1CCN2C(C1)C(=O)Nc1ccc(-c3ccc(Cl)cc3)cc1C2O. The maximum atomic E-state index is 13.0. The minimum Gasteiger partial charge on any atom is -0.449 e. The van der Waals surface area contributed by atoms with Gasteiger partial charge in [0.25, 0.3) is 0 Å². The van der Waals surface area contributed by atoms with Crippen molar-refractivity contribution in [2.24, 2.45) is 5.41 Å². The number of hydrogen-bond acceptors (Lipinski definition) is 5. The monoisotopic (exact) mass is 457 g/mol. The molecule has 2 aromatic carbocycles. The smallest absolute Gasteiger partial charge is 0.409 e. The number of carbonyl (C=O) groups is 2. The lowest BCUT2D eigenvalue weighted by Crippen LogP contribution is -2.58. The molecule has 2 heterocycles. The molecule has 0 aliphatic carbocycles. The summed E-state index contributed by atoms with van der Waals surface area (Å²) < 4.78 is 5.42. The lowest BCUT2D eigenvalue weighted by Gasteiger charge is -2.40. The van der Waals surface area contributed by atoms with Crippen LogP contribution in [0.25, 0.3) is 11.1 Å². The lowest BCUT2D eigenvalue weighted by molar-refractivity contribution is -0.130. The Morgan fingerprint density at radius 2 is 1.84 bits per heavy atom. The predicted molar refractivity (Wildman–Crippen MR) is 123 cm³/mol. The van der Waals surface area contributed by atoms with Gasteiger partial charge in [-0.1, -0.05) is 50.6 Å². The first kappa shape index (κ1) is 22.6. The Bertz CT molecular complexity index is 1020. The number of aliphatic hydroxyl groups excluding tert-OH is 1. The summed E-state index contributed by atoms with van der Waals surface area (Å²) in [4.78, 5) is 28.8. The summed E-state index contributed by atoms with van der Waals surface area (Å²) in [5.41, 5.74) is 2.92. The number of hydrogen-bond donors (Lipinski definition) is 2. The van der Waals surface area contributed by atoms with Crippen molar-refractivity contribution in [3.8, 4) is 11.1 Å². The minimum absolute atomic E-state index is 0.142. The molecule has 1 fully saturated rings. The lowest BCUT2D eigenvalue weighted by atomic mass is 9.99. The van der Waals surface area contributed by atoms with E-state index in [0.717, 1.165) is 11.1 Å². The van der Waals surface area contributed by atoms with E-state index < -0.39 is 18.4 Å². The summed E-state index contributed by atoms with van der Waals surface area (Å²) >= 11 is 6.00. The molecule has 2 aliphatic rings. The van der Waals surface area contributed by atoms with Crippen LogP contribution in [0.1, 0.15) is 32.6 Å².